The van der Waals surface area contributed by atoms with Crippen LogP contribution in [0.1, 0.15) is 49.5 Å². The first-order valence-corrected chi connectivity index (χ1v) is 8.34. The van der Waals surface area contributed by atoms with Crippen molar-refractivity contribution in [1.29, 1.82) is 0 Å². The number of carbonyl (C=O) groups is 2. The fourth-order valence-electron chi connectivity index (χ4n) is 2.22. The summed E-state index contributed by atoms with van der Waals surface area (Å²) in [4.78, 5) is 23.9. The number of esters is 1. The number of nitrogens with one attached hydrogen (secondary N) is 1. The molecule has 1 aromatic heterocycles. The Morgan fingerprint density at radius 1 is 1.33 bits per heavy atom. The number of ether oxygens (including phenoxy) is 1. The van der Waals surface area contributed by atoms with Crippen LogP contribution in [-0.2, 0) is 9.53 Å². The summed E-state index contributed by atoms with van der Waals surface area (Å²) < 4.78 is 9.12. The van der Waals surface area contributed by atoms with E-state index in [2.05, 4.69) is 9.69 Å². The Morgan fingerprint density at radius 2 is 2.00 bits per heavy atom. The maximum Gasteiger partial charge on any atom is 0.360 e. The Hall–Kier alpha value is -0.850. The SMILES string of the molecule is C[C@@H](OC(=O)c1nsc(Cl)c1Cl)C(=O)NC1CCCCC1. The van der Waals surface area contributed by atoms with Gasteiger partial charge >= 0.3 is 5.97 Å². The average Bonchev–Trinajstić information content (AvgIpc) is 2.80. The number of hydrogen-bond acceptors (Lipinski definition) is 5. The Balaban J connectivity index is 1.88. The summed E-state index contributed by atoms with van der Waals surface area (Å²) in [6, 6.07) is 0.171. The van der Waals surface area contributed by atoms with E-state index in [9.17, 15) is 9.59 Å². The molecule has 0 spiro atoms. The number of nitrogens with zero attached hydrogens (tertiary/aromatic N) is 1. The number of amides is 1. The highest BCUT2D eigenvalue weighted by Gasteiger charge is 2.25. The van der Waals surface area contributed by atoms with Crippen molar-refractivity contribution in [2.24, 2.45) is 0 Å². The van der Waals surface area contributed by atoms with E-state index >= 15 is 0 Å². The Morgan fingerprint density at radius 3 is 2.57 bits per heavy atom. The standard InChI is InChI=1S/C13H16Cl2N2O3S/c1-7(12(18)16-8-5-3-2-4-6-8)20-13(19)10-9(14)11(15)21-17-10/h7-8H,2-6H2,1H3,(H,16,18)/t7-/m1/s1. The van der Waals surface area contributed by atoms with E-state index < -0.39 is 12.1 Å². The van der Waals surface area contributed by atoms with E-state index in [1.807, 2.05) is 0 Å². The molecule has 0 radical (unpaired) electrons. The largest absolute Gasteiger partial charge is 0.448 e. The van der Waals surface area contributed by atoms with Gasteiger partial charge in [-0.2, -0.15) is 4.37 Å². The Bertz CT molecular complexity index is 529. The van der Waals surface area contributed by atoms with Gasteiger partial charge in [0.2, 0.25) is 0 Å². The van der Waals surface area contributed by atoms with Crippen molar-refractivity contribution < 1.29 is 14.3 Å². The highest BCUT2D eigenvalue weighted by atomic mass is 35.5. The zero-order chi connectivity index (χ0) is 15.4. The van der Waals surface area contributed by atoms with Crippen molar-refractivity contribution >= 4 is 46.6 Å². The Kier molecular flexibility index (Phi) is 5.84. The molecule has 8 heteroatoms. The summed E-state index contributed by atoms with van der Waals surface area (Å²) in [5, 5.41) is 2.96. The van der Waals surface area contributed by atoms with Gasteiger partial charge < -0.3 is 10.1 Å². The molecule has 2 rings (SSSR count). The molecule has 0 saturated heterocycles. The van der Waals surface area contributed by atoms with Crippen LogP contribution in [0.2, 0.25) is 9.36 Å². The van der Waals surface area contributed by atoms with Crippen LogP contribution in [0.5, 0.6) is 0 Å². The van der Waals surface area contributed by atoms with Gasteiger partial charge in [0.1, 0.15) is 9.36 Å². The van der Waals surface area contributed by atoms with Gasteiger partial charge in [0, 0.05) is 6.04 Å². The first-order valence-electron chi connectivity index (χ1n) is 6.81. The number of carbonyl (C=O) groups excluding carboxylic acids is 2. The highest BCUT2D eigenvalue weighted by Crippen LogP contribution is 2.30. The summed E-state index contributed by atoms with van der Waals surface area (Å²) in [7, 11) is 0. The lowest BCUT2D eigenvalue weighted by atomic mass is 9.95. The Labute approximate surface area is 137 Å². The maximum absolute atomic E-state index is 12.0. The van der Waals surface area contributed by atoms with E-state index in [4.69, 9.17) is 27.9 Å². The summed E-state index contributed by atoms with van der Waals surface area (Å²) in [5.74, 6) is -1.04. The van der Waals surface area contributed by atoms with E-state index in [0.717, 1.165) is 37.2 Å². The number of hydrogen-bond donors (Lipinski definition) is 1. The second-order valence-electron chi connectivity index (χ2n) is 5.01. The van der Waals surface area contributed by atoms with Crippen LogP contribution in [-0.4, -0.2) is 28.4 Å². The molecule has 1 aliphatic rings. The topological polar surface area (TPSA) is 68.3 Å². The van der Waals surface area contributed by atoms with Crippen molar-refractivity contribution in [3.63, 3.8) is 0 Å². The lowest BCUT2D eigenvalue weighted by molar-refractivity contribution is -0.130. The van der Waals surface area contributed by atoms with Gasteiger partial charge in [-0.3, -0.25) is 4.79 Å². The quantitative estimate of drug-likeness (QED) is 0.844. The van der Waals surface area contributed by atoms with Gasteiger partial charge in [0.15, 0.2) is 11.8 Å². The van der Waals surface area contributed by atoms with E-state index in [-0.39, 0.29) is 27.0 Å². The van der Waals surface area contributed by atoms with Crippen LogP contribution in [0.4, 0.5) is 0 Å². The first kappa shape index (κ1) is 16.5. The third-order valence-corrected chi connectivity index (χ3v) is 5.01. The molecule has 0 aliphatic heterocycles. The average molecular weight is 351 g/mol. The summed E-state index contributed by atoms with van der Waals surface area (Å²) >= 11 is 12.5. The molecule has 21 heavy (non-hydrogen) atoms. The van der Waals surface area contributed by atoms with Gasteiger partial charge in [-0.25, -0.2) is 4.79 Å². The summed E-state index contributed by atoms with van der Waals surface area (Å²) in [5.41, 5.74) is -0.0519. The van der Waals surface area contributed by atoms with Crippen LogP contribution in [0.15, 0.2) is 0 Å². The van der Waals surface area contributed by atoms with Crippen LogP contribution >= 0.6 is 34.7 Å². The van der Waals surface area contributed by atoms with Crippen molar-refractivity contribution in [3.05, 3.63) is 15.1 Å². The normalized spacial score (nSPS) is 17.3. The fourth-order valence-corrected chi connectivity index (χ4v) is 3.20. The monoisotopic (exact) mass is 350 g/mol. The molecule has 0 aromatic carbocycles. The molecule has 116 valence electrons. The molecule has 5 nitrogen and oxygen atoms in total. The number of aromatic nitrogens is 1. The minimum absolute atomic E-state index is 0.0519. The van der Waals surface area contributed by atoms with Gasteiger partial charge in [-0.15, -0.1) is 0 Å². The van der Waals surface area contributed by atoms with Gasteiger partial charge in [-0.05, 0) is 31.3 Å². The van der Waals surface area contributed by atoms with Crippen molar-refractivity contribution in [2.45, 2.75) is 51.2 Å². The first-order chi connectivity index (χ1) is 9.99. The molecule has 1 amide bonds. The lowest BCUT2D eigenvalue weighted by Crippen LogP contribution is -2.42. The minimum atomic E-state index is -0.893. The number of rotatable bonds is 4. The lowest BCUT2D eigenvalue weighted by Gasteiger charge is -2.24. The molecule has 1 aromatic rings. The second-order valence-corrected chi connectivity index (χ2v) is 6.76. The molecule has 1 heterocycles. The molecule has 0 bridgehead atoms. The molecule has 1 fully saturated rings. The third kappa shape index (κ3) is 4.31. The van der Waals surface area contributed by atoms with Gasteiger partial charge in [-0.1, -0.05) is 42.5 Å². The molecule has 1 saturated carbocycles. The zero-order valence-electron chi connectivity index (χ0n) is 11.5. The predicted molar refractivity (Wildman–Crippen MR) is 82.0 cm³/mol. The van der Waals surface area contributed by atoms with Crippen LogP contribution < -0.4 is 5.32 Å². The molecule has 1 N–H and O–H groups in total. The van der Waals surface area contributed by atoms with Crippen LogP contribution in [0.25, 0.3) is 0 Å². The smallest absolute Gasteiger partial charge is 0.360 e. The van der Waals surface area contributed by atoms with E-state index in [0.29, 0.717) is 0 Å². The predicted octanol–water partition coefficient (Wildman–Crippen LogP) is 3.44. The molecule has 0 unspecified atom stereocenters. The van der Waals surface area contributed by atoms with Crippen LogP contribution in [0.3, 0.4) is 0 Å². The van der Waals surface area contributed by atoms with Gasteiger partial charge in [0.05, 0.1) is 0 Å². The van der Waals surface area contributed by atoms with Crippen molar-refractivity contribution in [1.82, 2.24) is 9.69 Å². The van der Waals surface area contributed by atoms with Crippen molar-refractivity contribution in [3.8, 4) is 0 Å². The molecule has 1 aliphatic carbocycles. The summed E-state index contributed by atoms with van der Waals surface area (Å²) in [6.45, 7) is 1.53. The highest BCUT2D eigenvalue weighted by molar-refractivity contribution is 7.11. The second kappa shape index (κ2) is 7.42. The van der Waals surface area contributed by atoms with E-state index in [1.165, 1.54) is 13.3 Å². The van der Waals surface area contributed by atoms with E-state index in [1.54, 1.807) is 0 Å². The molecular formula is C13H16Cl2N2O3S. The van der Waals surface area contributed by atoms with Gasteiger partial charge in [0.25, 0.3) is 5.91 Å². The maximum atomic E-state index is 12.0. The van der Waals surface area contributed by atoms with Crippen LogP contribution in [0, 0.1) is 0 Å². The molecule has 1 atom stereocenters. The number of halogens is 2. The minimum Gasteiger partial charge on any atom is -0.448 e. The van der Waals surface area contributed by atoms with Crippen molar-refractivity contribution in [2.75, 3.05) is 0 Å². The third-order valence-electron chi connectivity index (χ3n) is 3.40. The molecular weight excluding hydrogens is 335 g/mol. The fraction of sp³-hybridized carbons (Fsp3) is 0.615. The zero-order valence-corrected chi connectivity index (χ0v) is 13.9. The summed E-state index contributed by atoms with van der Waals surface area (Å²) in [6.07, 6.45) is 4.49.